The highest BCUT2D eigenvalue weighted by Gasteiger charge is 2.31. The van der Waals surface area contributed by atoms with E-state index >= 15 is 0 Å². The number of benzene rings is 2. The summed E-state index contributed by atoms with van der Waals surface area (Å²) in [6, 6.07) is 12.8. The van der Waals surface area contributed by atoms with Crippen LogP contribution in [0.2, 0.25) is 0 Å². The second-order valence-electron chi connectivity index (χ2n) is 8.59. The van der Waals surface area contributed by atoms with Crippen LogP contribution in [0.1, 0.15) is 31.2 Å². The molecule has 3 aromatic rings. The predicted octanol–water partition coefficient (Wildman–Crippen LogP) is 4.55. The van der Waals surface area contributed by atoms with Crippen molar-refractivity contribution in [3.05, 3.63) is 52.9 Å². The van der Waals surface area contributed by atoms with Crippen molar-refractivity contribution in [2.45, 2.75) is 30.9 Å². The van der Waals surface area contributed by atoms with Crippen molar-refractivity contribution in [3.63, 3.8) is 0 Å². The van der Waals surface area contributed by atoms with Crippen LogP contribution >= 0.6 is 35.7 Å². The Balaban J connectivity index is 1.13. The van der Waals surface area contributed by atoms with E-state index in [9.17, 15) is 14.4 Å². The minimum atomic E-state index is -0.365. The topological polar surface area (TPSA) is 123 Å². The summed E-state index contributed by atoms with van der Waals surface area (Å²) >= 11 is 7.82. The molecule has 0 aliphatic carbocycles. The number of methoxy groups -OCH3 is 2. The monoisotopic (exact) mass is 600 g/mol. The molecular formula is C27H28N4O6S3. The number of thiocarbonyl (C=S) groups is 1. The molecule has 13 heteroatoms. The summed E-state index contributed by atoms with van der Waals surface area (Å²) in [5, 5.41) is 0.389. The van der Waals surface area contributed by atoms with Gasteiger partial charge in [-0.2, -0.15) is 0 Å². The predicted molar refractivity (Wildman–Crippen MR) is 159 cm³/mol. The third-order valence-corrected chi connectivity index (χ3v) is 8.01. The number of carbonyl (C=O) groups is 3. The molecular weight excluding hydrogens is 573 g/mol. The molecule has 2 aromatic carbocycles. The van der Waals surface area contributed by atoms with Gasteiger partial charge in [-0.15, -0.1) is 0 Å². The van der Waals surface area contributed by atoms with E-state index in [2.05, 4.69) is 15.8 Å². The van der Waals surface area contributed by atoms with Crippen LogP contribution in [-0.2, 0) is 14.4 Å². The van der Waals surface area contributed by atoms with E-state index in [4.69, 9.17) is 26.1 Å². The van der Waals surface area contributed by atoms with Gasteiger partial charge in [0.2, 0.25) is 11.8 Å². The van der Waals surface area contributed by atoms with Gasteiger partial charge in [0.25, 0.3) is 11.1 Å². The smallest absolute Gasteiger partial charge is 0.266 e. The van der Waals surface area contributed by atoms with Gasteiger partial charge in [-0.25, -0.2) is 4.98 Å². The first-order valence-electron chi connectivity index (χ1n) is 12.4. The summed E-state index contributed by atoms with van der Waals surface area (Å²) in [5.41, 5.74) is 7.00. The summed E-state index contributed by atoms with van der Waals surface area (Å²) in [6.07, 6.45) is 4.05. The molecule has 3 amide bonds. The fourth-order valence-electron chi connectivity index (χ4n) is 3.80. The normalized spacial score (nSPS) is 14.2. The number of hydrazine groups is 1. The van der Waals surface area contributed by atoms with Crippen molar-refractivity contribution < 1.29 is 28.3 Å². The Kier molecular flexibility index (Phi) is 10.4. The lowest BCUT2D eigenvalue weighted by Crippen LogP contribution is -2.42. The largest absolute Gasteiger partial charge is 0.493 e. The third-order valence-electron chi connectivity index (χ3n) is 5.81. The fourth-order valence-corrected chi connectivity index (χ4v) is 5.74. The first-order chi connectivity index (χ1) is 19.4. The molecule has 0 spiro atoms. The van der Waals surface area contributed by atoms with Crippen LogP contribution in [0.5, 0.6) is 11.5 Å². The van der Waals surface area contributed by atoms with E-state index in [0.29, 0.717) is 50.9 Å². The highest BCUT2D eigenvalue weighted by Crippen LogP contribution is 2.35. The zero-order valence-corrected chi connectivity index (χ0v) is 24.4. The number of para-hydroxylation sites is 2. The Morgan fingerprint density at radius 2 is 1.85 bits per heavy atom. The average molecular weight is 601 g/mol. The van der Waals surface area contributed by atoms with Gasteiger partial charge in [0, 0.05) is 13.0 Å². The van der Waals surface area contributed by atoms with Gasteiger partial charge in [-0.3, -0.25) is 30.1 Å². The number of amides is 3. The Morgan fingerprint density at radius 1 is 1.07 bits per heavy atom. The van der Waals surface area contributed by atoms with Gasteiger partial charge in [-0.05, 0) is 48.7 Å². The van der Waals surface area contributed by atoms with Crippen LogP contribution < -0.4 is 20.3 Å². The molecule has 0 saturated carbocycles. The third kappa shape index (κ3) is 7.77. The molecule has 1 fully saturated rings. The van der Waals surface area contributed by atoms with Crippen LogP contribution in [0.4, 0.5) is 0 Å². The SMILES string of the molecule is COc1ccc(/C=C2\SC(=S)N(CCCCCC(=O)NNC(=O)CSc3nc4ccccc4o3)C2=O)cc1OC. The van der Waals surface area contributed by atoms with E-state index in [1.165, 1.54) is 11.8 Å². The average Bonchev–Trinajstić information content (AvgIpc) is 3.50. The van der Waals surface area contributed by atoms with Crippen molar-refractivity contribution >= 4 is 75.0 Å². The Morgan fingerprint density at radius 3 is 2.62 bits per heavy atom. The highest BCUT2D eigenvalue weighted by molar-refractivity contribution is 8.26. The molecule has 2 N–H and O–H groups in total. The molecule has 1 aromatic heterocycles. The van der Waals surface area contributed by atoms with E-state index in [1.807, 2.05) is 24.3 Å². The number of nitrogens with zero attached hydrogens (tertiary/aromatic N) is 2. The molecule has 4 rings (SSSR count). The number of thioether (sulfide) groups is 2. The number of carbonyl (C=O) groups excluding carboxylic acids is 3. The Bertz CT molecular complexity index is 1410. The van der Waals surface area contributed by atoms with Crippen molar-refractivity contribution in [2.75, 3.05) is 26.5 Å². The van der Waals surface area contributed by atoms with E-state index in [-0.39, 0.29) is 29.9 Å². The van der Waals surface area contributed by atoms with E-state index in [0.717, 1.165) is 29.3 Å². The molecule has 1 aliphatic heterocycles. The molecule has 10 nitrogen and oxygen atoms in total. The lowest BCUT2D eigenvalue weighted by atomic mass is 10.1. The molecule has 40 heavy (non-hydrogen) atoms. The molecule has 210 valence electrons. The number of rotatable bonds is 12. The summed E-state index contributed by atoms with van der Waals surface area (Å²) in [7, 11) is 3.13. The zero-order chi connectivity index (χ0) is 28.5. The van der Waals surface area contributed by atoms with Crippen molar-refractivity contribution in [2.24, 2.45) is 0 Å². The maximum Gasteiger partial charge on any atom is 0.266 e. The summed E-state index contributed by atoms with van der Waals surface area (Å²) < 4.78 is 16.7. The first kappa shape index (κ1) is 29.4. The number of nitrogens with one attached hydrogen (secondary N) is 2. The molecule has 1 saturated heterocycles. The molecule has 0 bridgehead atoms. The van der Waals surface area contributed by atoms with E-state index < -0.39 is 0 Å². The highest BCUT2D eigenvalue weighted by atomic mass is 32.2. The number of unbranched alkanes of at least 4 members (excludes halogenated alkanes) is 2. The maximum atomic E-state index is 12.9. The first-order valence-corrected chi connectivity index (χ1v) is 14.6. The quantitative estimate of drug-likeness (QED) is 0.101. The van der Waals surface area contributed by atoms with E-state index in [1.54, 1.807) is 43.4 Å². The molecule has 1 aliphatic rings. The van der Waals surface area contributed by atoms with Gasteiger partial charge in [-0.1, -0.05) is 60.4 Å². The number of ether oxygens (including phenoxy) is 2. The zero-order valence-electron chi connectivity index (χ0n) is 21.9. The van der Waals surface area contributed by atoms with Gasteiger partial charge in [0.15, 0.2) is 17.1 Å². The number of oxazole rings is 1. The van der Waals surface area contributed by atoms with Gasteiger partial charge in [0.1, 0.15) is 9.84 Å². The number of aromatic nitrogens is 1. The van der Waals surface area contributed by atoms with Crippen LogP contribution in [0, 0.1) is 0 Å². The van der Waals surface area contributed by atoms with Crippen LogP contribution in [0.15, 0.2) is 57.0 Å². The summed E-state index contributed by atoms with van der Waals surface area (Å²) in [4.78, 5) is 43.4. The summed E-state index contributed by atoms with van der Waals surface area (Å²) in [5.74, 6) is 0.450. The minimum absolute atomic E-state index is 0.0529. The lowest BCUT2D eigenvalue weighted by molar-refractivity contribution is -0.127. The van der Waals surface area contributed by atoms with Crippen molar-refractivity contribution in [1.82, 2.24) is 20.7 Å². The minimum Gasteiger partial charge on any atom is -0.493 e. The van der Waals surface area contributed by atoms with Crippen LogP contribution in [0.25, 0.3) is 17.2 Å². The van der Waals surface area contributed by atoms with Crippen molar-refractivity contribution in [3.8, 4) is 11.5 Å². The summed E-state index contributed by atoms with van der Waals surface area (Å²) in [6.45, 7) is 0.472. The molecule has 0 unspecified atom stereocenters. The number of hydrogen-bond acceptors (Lipinski definition) is 10. The molecule has 0 radical (unpaired) electrons. The molecule has 2 heterocycles. The standard InChI is InChI=1S/C27H28N4O6S3/c1-35-20-12-11-17(14-21(20)36-2)15-22-25(34)31(27(38)40-22)13-7-3-4-10-23(32)29-30-24(33)16-39-26-28-18-8-5-6-9-19(18)37-26/h5-6,8-9,11-12,14-15H,3-4,7,10,13,16H2,1-2H3,(H,29,32)(H,30,33)/b22-15-. The second-order valence-corrected chi connectivity index (χ2v) is 11.2. The van der Waals surface area contributed by atoms with Crippen LogP contribution in [0.3, 0.4) is 0 Å². The molecule has 0 atom stereocenters. The van der Waals surface area contributed by atoms with Crippen LogP contribution in [-0.4, -0.2) is 58.4 Å². The fraction of sp³-hybridized carbons (Fsp3) is 0.296. The Hall–Kier alpha value is -3.55. The Labute approximate surface area is 245 Å². The number of hydrogen-bond donors (Lipinski definition) is 2. The lowest BCUT2D eigenvalue weighted by Gasteiger charge is -2.14. The number of fused-ring (bicyclic) bond motifs is 1. The van der Waals surface area contributed by atoms with Gasteiger partial charge >= 0.3 is 0 Å². The van der Waals surface area contributed by atoms with Crippen molar-refractivity contribution in [1.29, 1.82) is 0 Å². The maximum absolute atomic E-state index is 12.9. The van der Waals surface area contributed by atoms with Gasteiger partial charge < -0.3 is 13.9 Å². The second kappa shape index (κ2) is 14.2. The van der Waals surface area contributed by atoms with Gasteiger partial charge in [0.05, 0.1) is 24.9 Å².